The Bertz CT molecular complexity index is 740. The molecule has 0 radical (unpaired) electrons. The summed E-state index contributed by atoms with van der Waals surface area (Å²) in [4.78, 5) is 0. The smallest absolute Gasteiger partial charge is 0.167 e. The molecule has 120 valence electrons. The van der Waals surface area contributed by atoms with Crippen molar-refractivity contribution in [2.75, 3.05) is 12.4 Å². The van der Waals surface area contributed by atoms with Crippen LogP contribution in [0.5, 0.6) is 5.75 Å². The number of rotatable bonds is 6. The number of hydrogen-bond acceptors (Lipinski definition) is 5. The Kier molecular flexibility index (Phi) is 5.78. The highest BCUT2D eigenvalue weighted by atomic mass is 35.5. The van der Waals surface area contributed by atoms with Crippen LogP contribution in [-0.4, -0.2) is 17.3 Å². The fourth-order valence-corrected chi connectivity index (χ4v) is 2.68. The molecular weight excluding hydrogens is 312 g/mol. The summed E-state index contributed by atoms with van der Waals surface area (Å²) in [7, 11) is 1.61. The molecule has 1 heterocycles. The number of aromatic nitrogens is 2. The van der Waals surface area contributed by atoms with Crippen molar-refractivity contribution >= 4 is 17.4 Å². The number of benzene rings is 1. The minimum atomic E-state index is 0.446. The highest BCUT2D eigenvalue weighted by molar-refractivity contribution is 6.30. The van der Waals surface area contributed by atoms with E-state index in [-0.39, 0.29) is 0 Å². The van der Waals surface area contributed by atoms with Gasteiger partial charge in [0, 0.05) is 17.1 Å². The molecule has 0 saturated carbocycles. The molecule has 1 aromatic carbocycles. The average Bonchev–Trinajstić information content (AvgIpc) is 2.58. The topological polar surface area (TPSA) is 70.8 Å². The monoisotopic (exact) mass is 330 g/mol. The van der Waals surface area contributed by atoms with Gasteiger partial charge >= 0.3 is 0 Å². The summed E-state index contributed by atoms with van der Waals surface area (Å²) in [6.07, 6.45) is 1.50. The second kappa shape index (κ2) is 7.80. The van der Waals surface area contributed by atoms with Crippen LogP contribution in [0.3, 0.4) is 0 Å². The molecule has 5 nitrogen and oxygen atoms in total. The van der Waals surface area contributed by atoms with Crippen molar-refractivity contribution in [3.63, 3.8) is 0 Å². The first-order chi connectivity index (χ1) is 11.1. The Morgan fingerprint density at radius 1 is 1.26 bits per heavy atom. The number of nitrogens with zero attached hydrogens (tertiary/aromatic N) is 3. The van der Waals surface area contributed by atoms with Crippen LogP contribution >= 0.6 is 11.6 Å². The molecule has 0 aliphatic heterocycles. The van der Waals surface area contributed by atoms with Crippen LogP contribution < -0.4 is 10.1 Å². The van der Waals surface area contributed by atoms with Gasteiger partial charge in [-0.3, -0.25) is 0 Å². The predicted octanol–water partition coefficient (Wildman–Crippen LogP) is 3.75. The van der Waals surface area contributed by atoms with E-state index in [1.54, 1.807) is 13.2 Å². The van der Waals surface area contributed by atoms with Crippen LogP contribution in [-0.2, 0) is 19.4 Å². The fourth-order valence-electron chi connectivity index (χ4n) is 2.48. The number of aryl methyl sites for hydroxylation is 1. The molecule has 0 fully saturated rings. The molecule has 0 aliphatic carbocycles. The molecule has 0 atom stereocenters. The summed E-state index contributed by atoms with van der Waals surface area (Å²) >= 11 is 6.04. The molecule has 0 bridgehead atoms. The second-order valence-corrected chi connectivity index (χ2v) is 5.41. The first-order valence-corrected chi connectivity index (χ1v) is 7.87. The third-order valence-corrected chi connectivity index (χ3v) is 3.88. The molecule has 1 aromatic heterocycles. The Hall–Kier alpha value is -2.32. The Morgan fingerprint density at radius 2 is 2.04 bits per heavy atom. The van der Waals surface area contributed by atoms with Crippen molar-refractivity contribution < 1.29 is 4.74 Å². The molecule has 1 N–H and O–H groups in total. The SMILES string of the molecule is CCc1nnc(NCc2cc(Cl)ccc2OC)c(C#N)c1CC. The van der Waals surface area contributed by atoms with E-state index in [4.69, 9.17) is 16.3 Å². The van der Waals surface area contributed by atoms with Crippen molar-refractivity contribution in [3.05, 3.63) is 45.6 Å². The van der Waals surface area contributed by atoms with Crippen LogP contribution in [0.25, 0.3) is 0 Å². The van der Waals surface area contributed by atoms with Crippen LogP contribution in [0.15, 0.2) is 18.2 Å². The zero-order chi connectivity index (χ0) is 16.8. The van der Waals surface area contributed by atoms with Gasteiger partial charge < -0.3 is 10.1 Å². The van der Waals surface area contributed by atoms with Crippen molar-refractivity contribution in [2.24, 2.45) is 0 Å². The van der Waals surface area contributed by atoms with E-state index in [1.165, 1.54) is 0 Å². The number of methoxy groups -OCH3 is 1. The number of anilines is 1. The Morgan fingerprint density at radius 3 is 2.65 bits per heavy atom. The second-order valence-electron chi connectivity index (χ2n) is 4.98. The normalized spacial score (nSPS) is 10.2. The lowest BCUT2D eigenvalue weighted by Crippen LogP contribution is -2.10. The zero-order valence-electron chi connectivity index (χ0n) is 13.5. The van der Waals surface area contributed by atoms with Crippen LogP contribution in [0.4, 0.5) is 5.82 Å². The van der Waals surface area contributed by atoms with Crippen LogP contribution in [0.2, 0.25) is 5.02 Å². The van der Waals surface area contributed by atoms with E-state index in [0.717, 1.165) is 35.4 Å². The summed E-state index contributed by atoms with van der Waals surface area (Å²) in [5.41, 5.74) is 3.27. The minimum absolute atomic E-state index is 0.446. The van der Waals surface area contributed by atoms with Gasteiger partial charge in [0.15, 0.2) is 5.82 Å². The third kappa shape index (κ3) is 3.72. The molecule has 6 heteroatoms. The van der Waals surface area contributed by atoms with Crippen LogP contribution in [0.1, 0.15) is 36.2 Å². The number of hydrogen-bond donors (Lipinski definition) is 1. The van der Waals surface area contributed by atoms with Gasteiger partial charge in [-0.2, -0.15) is 10.4 Å². The van der Waals surface area contributed by atoms with Gasteiger partial charge in [-0.05, 0) is 36.6 Å². The number of ether oxygens (including phenoxy) is 1. The molecule has 2 rings (SSSR count). The molecule has 23 heavy (non-hydrogen) atoms. The summed E-state index contributed by atoms with van der Waals surface area (Å²) in [6, 6.07) is 7.66. The molecular formula is C17H19ClN4O. The van der Waals surface area contributed by atoms with E-state index in [2.05, 4.69) is 21.6 Å². The van der Waals surface area contributed by atoms with Gasteiger partial charge in [0.2, 0.25) is 0 Å². The highest BCUT2D eigenvalue weighted by Crippen LogP contribution is 2.25. The van der Waals surface area contributed by atoms with E-state index >= 15 is 0 Å². The highest BCUT2D eigenvalue weighted by Gasteiger charge is 2.14. The van der Waals surface area contributed by atoms with Crippen molar-refractivity contribution in [1.82, 2.24) is 10.2 Å². The van der Waals surface area contributed by atoms with Gasteiger partial charge in [-0.15, -0.1) is 5.10 Å². The van der Waals surface area contributed by atoms with Gasteiger partial charge in [-0.1, -0.05) is 25.4 Å². The number of halogens is 1. The maximum Gasteiger partial charge on any atom is 0.167 e. The van der Waals surface area contributed by atoms with E-state index < -0.39 is 0 Å². The van der Waals surface area contributed by atoms with E-state index in [9.17, 15) is 5.26 Å². The molecule has 2 aromatic rings. The summed E-state index contributed by atoms with van der Waals surface area (Å²) < 4.78 is 5.33. The van der Waals surface area contributed by atoms with Gasteiger partial charge in [0.05, 0.1) is 12.8 Å². The largest absolute Gasteiger partial charge is 0.496 e. The lowest BCUT2D eigenvalue weighted by Gasteiger charge is -2.13. The van der Waals surface area contributed by atoms with Crippen molar-refractivity contribution in [2.45, 2.75) is 33.2 Å². The quantitative estimate of drug-likeness (QED) is 0.873. The Labute approximate surface area is 141 Å². The van der Waals surface area contributed by atoms with Gasteiger partial charge in [-0.25, -0.2) is 0 Å². The molecule has 0 aliphatic rings. The summed E-state index contributed by atoms with van der Waals surface area (Å²) in [5.74, 6) is 1.22. The van der Waals surface area contributed by atoms with Crippen LogP contribution in [0, 0.1) is 11.3 Å². The fraction of sp³-hybridized carbons (Fsp3) is 0.353. The average molecular weight is 331 g/mol. The number of nitrogens with one attached hydrogen (secondary N) is 1. The lowest BCUT2D eigenvalue weighted by atomic mass is 10.0. The standard InChI is InChI=1S/C17H19ClN4O/c1-4-13-14(9-19)17(22-21-15(13)5-2)20-10-11-8-12(18)6-7-16(11)23-3/h6-8H,4-5,10H2,1-3H3,(H,20,22). The van der Waals surface area contributed by atoms with Gasteiger partial charge in [0.1, 0.15) is 17.4 Å². The maximum atomic E-state index is 9.49. The Balaban J connectivity index is 2.31. The van der Waals surface area contributed by atoms with E-state index in [0.29, 0.717) is 22.9 Å². The first-order valence-electron chi connectivity index (χ1n) is 7.49. The molecule has 0 amide bonds. The lowest BCUT2D eigenvalue weighted by molar-refractivity contribution is 0.410. The molecule has 0 unspecified atom stereocenters. The minimum Gasteiger partial charge on any atom is -0.496 e. The zero-order valence-corrected chi connectivity index (χ0v) is 14.2. The van der Waals surface area contributed by atoms with Crippen molar-refractivity contribution in [3.8, 4) is 11.8 Å². The molecule has 0 saturated heterocycles. The first kappa shape index (κ1) is 17.0. The predicted molar refractivity (Wildman–Crippen MR) is 90.8 cm³/mol. The van der Waals surface area contributed by atoms with E-state index in [1.807, 2.05) is 26.0 Å². The third-order valence-electron chi connectivity index (χ3n) is 3.65. The maximum absolute atomic E-state index is 9.49. The summed E-state index contributed by atoms with van der Waals surface area (Å²) in [5, 5.41) is 21.7. The summed E-state index contributed by atoms with van der Waals surface area (Å²) in [6.45, 7) is 4.47. The van der Waals surface area contributed by atoms with Gasteiger partial charge in [0.25, 0.3) is 0 Å². The van der Waals surface area contributed by atoms with Crippen molar-refractivity contribution in [1.29, 1.82) is 5.26 Å². The number of nitriles is 1. The molecule has 0 spiro atoms.